The second kappa shape index (κ2) is 6.33. The molecule has 102 valence electrons. The molecule has 0 aliphatic rings. The lowest BCUT2D eigenvalue weighted by molar-refractivity contribution is -0.384. The summed E-state index contributed by atoms with van der Waals surface area (Å²) in [5, 5.41) is 13.1. The first-order valence-corrected chi connectivity index (χ1v) is 5.89. The minimum atomic E-state index is -0.609. The molecule has 6 heteroatoms. The van der Waals surface area contributed by atoms with E-state index in [1.54, 1.807) is 0 Å². The molecular weight excluding hydrogens is 260 g/mol. The van der Waals surface area contributed by atoms with Crippen LogP contribution in [0.15, 0.2) is 54.6 Å². The molecule has 20 heavy (non-hydrogen) atoms. The molecule has 0 fully saturated rings. The molecular formula is C14H12N2O4. The number of nitrogens with one attached hydrogen (secondary N) is 1. The van der Waals surface area contributed by atoms with Crippen molar-refractivity contribution in [1.82, 2.24) is 5.32 Å². The number of nitro benzene ring substituents is 1. The first-order valence-electron chi connectivity index (χ1n) is 5.89. The highest BCUT2D eigenvalue weighted by atomic mass is 16.6. The number of ether oxygens (including phenoxy) is 1. The van der Waals surface area contributed by atoms with Gasteiger partial charge in [-0.2, -0.15) is 0 Å². The van der Waals surface area contributed by atoms with E-state index in [1.165, 1.54) is 24.3 Å². The van der Waals surface area contributed by atoms with Gasteiger partial charge in [0.2, 0.25) is 0 Å². The molecule has 1 amide bonds. The van der Waals surface area contributed by atoms with Gasteiger partial charge in [0.25, 0.3) is 5.69 Å². The molecule has 0 bridgehead atoms. The highest BCUT2D eigenvalue weighted by molar-refractivity contribution is 5.70. The van der Waals surface area contributed by atoms with Crippen molar-refractivity contribution in [1.29, 1.82) is 0 Å². The van der Waals surface area contributed by atoms with Crippen LogP contribution < -0.4 is 10.1 Å². The maximum absolute atomic E-state index is 11.5. The number of non-ortho nitro benzene ring substituents is 1. The van der Waals surface area contributed by atoms with E-state index in [0.717, 1.165) is 5.56 Å². The minimum Gasteiger partial charge on any atom is -0.410 e. The largest absolute Gasteiger partial charge is 0.412 e. The summed E-state index contributed by atoms with van der Waals surface area (Å²) < 4.78 is 5.00. The number of rotatable bonds is 4. The maximum atomic E-state index is 11.5. The summed E-state index contributed by atoms with van der Waals surface area (Å²) in [7, 11) is 0. The van der Waals surface area contributed by atoms with Crippen LogP contribution in [0.5, 0.6) is 5.75 Å². The standard InChI is InChI=1S/C14H12N2O4/c17-14(15-10-11-4-2-1-3-5-11)20-13-8-6-12(7-9-13)16(18)19/h1-9H,10H2,(H,15,17). The highest BCUT2D eigenvalue weighted by Gasteiger charge is 2.07. The van der Waals surface area contributed by atoms with Gasteiger partial charge >= 0.3 is 6.09 Å². The van der Waals surface area contributed by atoms with E-state index >= 15 is 0 Å². The molecule has 0 aliphatic heterocycles. The normalized spacial score (nSPS) is 9.80. The Bertz CT molecular complexity index is 596. The number of carbonyl (C=O) groups is 1. The van der Waals surface area contributed by atoms with Crippen LogP contribution in [-0.2, 0) is 6.54 Å². The van der Waals surface area contributed by atoms with Crippen molar-refractivity contribution < 1.29 is 14.5 Å². The molecule has 0 radical (unpaired) electrons. The molecule has 0 aliphatic carbocycles. The van der Waals surface area contributed by atoms with Gasteiger partial charge in [0.1, 0.15) is 5.75 Å². The summed E-state index contributed by atoms with van der Waals surface area (Å²) in [5.74, 6) is 0.251. The van der Waals surface area contributed by atoms with Crippen molar-refractivity contribution in [2.24, 2.45) is 0 Å². The van der Waals surface area contributed by atoms with E-state index in [9.17, 15) is 14.9 Å². The number of amides is 1. The number of benzene rings is 2. The third kappa shape index (κ3) is 3.81. The summed E-state index contributed by atoms with van der Waals surface area (Å²) in [5.41, 5.74) is 0.898. The molecule has 0 saturated carbocycles. The first kappa shape index (κ1) is 13.5. The zero-order valence-corrected chi connectivity index (χ0v) is 10.5. The van der Waals surface area contributed by atoms with Gasteiger partial charge in [-0.05, 0) is 17.7 Å². The summed E-state index contributed by atoms with van der Waals surface area (Å²) in [4.78, 5) is 21.5. The van der Waals surface area contributed by atoms with Crippen LogP contribution in [0.1, 0.15) is 5.56 Å². The predicted molar refractivity (Wildman–Crippen MR) is 72.4 cm³/mol. The molecule has 0 aromatic heterocycles. The third-order valence-electron chi connectivity index (χ3n) is 2.54. The lowest BCUT2D eigenvalue weighted by Crippen LogP contribution is -2.26. The highest BCUT2D eigenvalue weighted by Crippen LogP contribution is 2.17. The third-order valence-corrected chi connectivity index (χ3v) is 2.54. The summed E-state index contributed by atoms with van der Waals surface area (Å²) in [6.45, 7) is 0.354. The van der Waals surface area contributed by atoms with Gasteiger partial charge in [0.15, 0.2) is 0 Å². The fourth-order valence-electron chi connectivity index (χ4n) is 1.55. The monoisotopic (exact) mass is 272 g/mol. The van der Waals surface area contributed by atoms with E-state index in [-0.39, 0.29) is 11.4 Å². The quantitative estimate of drug-likeness (QED) is 0.685. The Morgan fingerprint density at radius 3 is 2.35 bits per heavy atom. The second-order valence-electron chi connectivity index (χ2n) is 3.98. The van der Waals surface area contributed by atoms with Crippen molar-refractivity contribution in [3.63, 3.8) is 0 Å². The Labute approximate surface area is 115 Å². The first-order chi connectivity index (χ1) is 9.65. The molecule has 6 nitrogen and oxygen atoms in total. The Kier molecular flexibility index (Phi) is 4.28. The van der Waals surface area contributed by atoms with Crippen LogP contribution in [0, 0.1) is 10.1 Å². The van der Waals surface area contributed by atoms with Crippen LogP contribution in [0.4, 0.5) is 10.5 Å². The van der Waals surface area contributed by atoms with Crippen molar-refractivity contribution in [3.8, 4) is 5.75 Å². The molecule has 0 atom stereocenters. The van der Waals surface area contributed by atoms with Gasteiger partial charge in [-0.25, -0.2) is 4.79 Å². The SMILES string of the molecule is O=C(NCc1ccccc1)Oc1ccc([N+](=O)[O-])cc1. The average Bonchev–Trinajstić information content (AvgIpc) is 2.47. The number of hydrogen-bond donors (Lipinski definition) is 1. The van der Waals surface area contributed by atoms with Crippen LogP contribution in [0.3, 0.4) is 0 Å². The molecule has 2 rings (SSSR count). The van der Waals surface area contributed by atoms with Crippen molar-refractivity contribution in [2.45, 2.75) is 6.54 Å². The molecule has 0 spiro atoms. The minimum absolute atomic E-state index is 0.0537. The molecule has 2 aromatic rings. The van der Waals surface area contributed by atoms with Crippen molar-refractivity contribution >= 4 is 11.8 Å². The van der Waals surface area contributed by atoms with Gasteiger partial charge in [-0.1, -0.05) is 30.3 Å². The summed E-state index contributed by atoms with van der Waals surface area (Å²) in [6.07, 6.45) is -0.609. The molecule has 0 unspecified atom stereocenters. The molecule has 1 N–H and O–H groups in total. The van der Waals surface area contributed by atoms with E-state index < -0.39 is 11.0 Å². The van der Waals surface area contributed by atoms with Gasteiger partial charge in [0.05, 0.1) is 4.92 Å². The van der Waals surface area contributed by atoms with Crippen LogP contribution in [0.25, 0.3) is 0 Å². The zero-order chi connectivity index (χ0) is 14.4. The van der Waals surface area contributed by atoms with Gasteiger partial charge in [-0.3, -0.25) is 10.1 Å². The summed E-state index contributed by atoms with van der Waals surface area (Å²) in [6, 6.07) is 14.7. The topological polar surface area (TPSA) is 81.5 Å². The fourth-order valence-corrected chi connectivity index (χ4v) is 1.55. The van der Waals surface area contributed by atoms with Crippen molar-refractivity contribution in [2.75, 3.05) is 0 Å². The number of carbonyl (C=O) groups excluding carboxylic acids is 1. The summed E-state index contributed by atoms with van der Waals surface area (Å²) >= 11 is 0. The molecule has 2 aromatic carbocycles. The Morgan fingerprint density at radius 2 is 1.75 bits per heavy atom. The number of nitrogens with zero attached hydrogens (tertiary/aromatic N) is 1. The van der Waals surface area contributed by atoms with Gasteiger partial charge < -0.3 is 10.1 Å². The number of hydrogen-bond acceptors (Lipinski definition) is 4. The van der Waals surface area contributed by atoms with Crippen LogP contribution >= 0.6 is 0 Å². The smallest absolute Gasteiger partial charge is 0.410 e. The number of nitro groups is 1. The lowest BCUT2D eigenvalue weighted by atomic mass is 10.2. The van der Waals surface area contributed by atoms with Crippen LogP contribution in [0.2, 0.25) is 0 Å². The average molecular weight is 272 g/mol. The Hall–Kier alpha value is -2.89. The van der Waals surface area contributed by atoms with E-state index in [4.69, 9.17) is 4.74 Å². The van der Waals surface area contributed by atoms with Gasteiger partial charge in [0, 0.05) is 18.7 Å². The molecule has 0 saturated heterocycles. The predicted octanol–water partition coefficient (Wildman–Crippen LogP) is 2.88. The van der Waals surface area contributed by atoms with E-state index in [0.29, 0.717) is 6.54 Å². The fraction of sp³-hybridized carbons (Fsp3) is 0.0714. The maximum Gasteiger partial charge on any atom is 0.412 e. The Morgan fingerprint density at radius 1 is 1.10 bits per heavy atom. The van der Waals surface area contributed by atoms with E-state index in [1.807, 2.05) is 30.3 Å². The molecule has 0 heterocycles. The van der Waals surface area contributed by atoms with Gasteiger partial charge in [-0.15, -0.1) is 0 Å². The zero-order valence-electron chi connectivity index (χ0n) is 10.5. The lowest BCUT2D eigenvalue weighted by Gasteiger charge is -2.06. The van der Waals surface area contributed by atoms with Crippen LogP contribution in [-0.4, -0.2) is 11.0 Å². The second-order valence-corrected chi connectivity index (χ2v) is 3.98. The Balaban J connectivity index is 1.86. The van der Waals surface area contributed by atoms with Crippen molar-refractivity contribution in [3.05, 3.63) is 70.3 Å². The van der Waals surface area contributed by atoms with E-state index in [2.05, 4.69) is 5.32 Å².